The second-order valence-electron chi connectivity index (χ2n) is 6.60. The predicted octanol–water partition coefficient (Wildman–Crippen LogP) is 5.05. The van der Waals surface area contributed by atoms with Gasteiger partial charge in [-0.25, -0.2) is 0 Å². The van der Waals surface area contributed by atoms with Gasteiger partial charge in [-0.1, -0.05) is 37.3 Å². The van der Waals surface area contributed by atoms with Gasteiger partial charge >= 0.3 is 0 Å². The van der Waals surface area contributed by atoms with Gasteiger partial charge in [0.05, 0.1) is 6.67 Å². The van der Waals surface area contributed by atoms with Crippen molar-refractivity contribution in [1.29, 1.82) is 0 Å². The fraction of sp³-hybridized carbons (Fsp3) is 0.455. The zero-order chi connectivity index (χ0) is 16.9. The molecule has 2 nitrogen and oxygen atoms in total. The van der Waals surface area contributed by atoms with Crippen molar-refractivity contribution in [3.8, 4) is 0 Å². The topological polar surface area (TPSA) is 6.48 Å². The average Bonchev–Trinajstić information content (AvgIpc) is 3.12. The average molecular weight is 322 g/mol. The molecule has 1 aliphatic carbocycles. The van der Waals surface area contributed by atoms with E-state index in [-0.39, 0.29) is 0 Å². The van der Waals surface area contributed by atoms with E-state index in [0.717, 1.165) is 26.2 Å². The van der Waals surface area contributed by atoms with Crippen molar-refractivity contribution in [2.75, 3.05) is 29.6 Å². The van der Waals surface area contributed by atoms with E-state index in [1.807, 2.05) is 0 Å². The second kappa shape index (κ2) is 7.74. The number of hydrogen-bond donors (Lipinski definition) is 0. The predicted molar refractivity (Wildman–Crippen MR) is 105 cm³/mol. The van der Waals surface area contributed by atoms with Gasteiger partial charge in [-0.15, -0.1) is 0 Å². The lowest BCUT2D eigenvalue weighted by atomic mass is 10.1. The van der Waals surface area contributed by atoms with Crippen LogP contribution in [0.25, 0.3) is 0 Å². The van der Waals surface area contributed by atoms with Gasteiger partial charge in [0.2, 0.25) is 0 Å². The maximum atomic E-state index is 2.54. The Morgan fingerprint density at radius 2 is 1.50 bits per heavy atom. The number of rotatable bonds is 7. The minimum atomic E-state index is 0.959. The lowest BCUT2D eigenvalue weighted by Gasteiger charge is -2.34. The van der Waals surface area contributed by atoms with Crippen LogP contribution >= 0.6 is 0 Å². The van der Waals surface area contributed by atoms with Gasteiger partial charge in [0, 0.05) is 24.5 Å². The van der Waals surface area contributed by atoms with E-state index >= 15 is 0 Å². The molecule has 24 heavy (non-hydrogen) atoms. The molecular formula is C22H30N2. The quantitative estimate of drug-likeness (QED) is 0.658. The minimum Gasteiger partial charge on any atom is -0.354 e. The minimum absolute atomic E-state index is 0.959. The summed E-state index contributed by atoms with van der Waals surface area (Å²) in [6, 6.07) is 15.7. The standard InChI is InChI=1S/C22H30N2/c1-4-18-11-7-8-15-21(18)23(5-2)17-24(6-3)22-16-10-13-19-12-9-14-20(19)22/h7-8,10-11,13,15-16H,4-6,9,12,14,17H2,1-3H3. The second-order valence-corrected chi connectivity index (χ2v) is 6.60. The molecule has 128 valence electrons. The molecule has 0 bridgehead atoms. The van der Waals surface area contributed by atoms with Crippen LogP contribution in [0.3, 0.4) is 0 Å². The molecule has 2 heteroatoms. The van der Waals surface area contributed by atoms with E-state index in [1.165, 1.54) is 36.2 Å². The van der Waals surface area contributed by atoms with E-state index in [0.29, 0.717) is 0 Å². The molecule has 0 unspecified atom stereocenters. The van der Waals surface area contributed by atoms with Crippen LogP contribution in [0.1, 0.15) is 43.9 Å². The van der Waals surface area contributed by atoms with Gasteiger partial charge in [0.1, 0.15) is 0 Å². The van der Waals surface area contributed by atoms with Crippen LogP contribution in [0.15, 0.2) is 42.5 Å². The van der Waals surface area contributed by atoms with Crippen molar-refractivity contribution < 1.29 is 0 Å². The summed E-state index contributed by atoms with van der Waals surface area (Å²) in [6.07, 6.45) is 4.87. The smallest absolute Gasteiger partial charge is 0.0902 e. The lowest BCUT2D eigenvalue weighted by molar-refractivity contribution is 0.746. The Morgan fingerprint density at radius 1 is 0.792 bits per heavy atom. The largest absolute Gasteiger partial charge is 0.354 e. The van der Waals surface area contributed by atoms with E-state index in [2.05, 4.69) is 73.0 Å². The Bertz CT molecular complexity index is 677. The number of nitrogens with zero attached hydrogens (tertiary/aromatic N) is 2. The van der Waals surface area contributed by atoms with Gasteiger partial charge < -0.3 is 9.80 Å². The molecule has 0 amide bonds. The van der Waals surface area contributed by atoms with Crippen LogP contribution in [-0.4, -0.2) is 19.8 Å². The molecule has 3 rings (SSSR count). The zero-order valence-corrected chi connectivity index (χ0v) is 15.4. The molecule has 0 aromatic heterocycles. The van der Waals surface area contributed by atoms with Gasteiger partial charge in [0.25, 0.3) is 0 Å². The Labute approximate surface area is 147 Å². The highest BCUT2D eigenvalue weighted by Crippen LogP contribution is 2.32. The van der Waals surface area contributed by atoms with Crippen molar-refractivity contribution in [1.82, 2.24) is 0 Å². The van der Waals surface area contributed by atoms with Crippen LogP contribution in [0.4, 0.5) is 11.4 Å². The van der Waals surface area contributed by atoms with E-state index in [9.17, 15) is 0 Å². The zero-order valence-electron chi connectivity index (χ0n) is 15.4. The number of fused-ring (bicyclic) bond motifs is 1. The van der Waals surface area contributed by atoms with Crippen LogP contribution in [0.5, 0.6) is 0 Å². The summed E-state index contributed by atoms with van der Waals surface area (Å²) in [5.74, 6) is 0. The molecular weight excluding hydrogens is 292 g/mol. The molecule has 1 aliphatic rings. The van der Waals surface area contributed by atoms with Crippen molar-refractivity contribution in [2.24, 2.45) is 0 Å². The maximum absolute atomic E-state index is 2.54. The molecule has 0 radical (unpaired) electrons. The van der Waals surface area contributed by atoms with Crippen LogP contribution in [-0.2, 0) is 19.3 Å². The Morgan fingerprint density at radius 3 is 2.25 bits per heavy atom. The summed E-state index contributed by atoms with van der Waals surface area (Å²) in [7, 11) is 0. The molecule has 0 aliphatic heterocycles. The highest BCUT2D eigenvalue weighted by molar-refractivity contribution is 5.61. The third kappa shape index (κ3) is 3.28. The van der Waals surface area contributed by atoms with Gasteiger partial charge in [0.15, 0.2) is 0 Å². The summed E-state index contributed by atoms with van der Waals surface area (Å²) in [6.45, 7) is 9.81. The third-order valence-electron chi connectivity index (χ3n) is 5.28. The first-order valence-corrected chi connectivity index (χ1v) is 9.47. The summed E-state index contributed by atoms with van der Waals surface area (Å²) in [5.41, 5.74) is 7.41. The monoisotopic (exact) mass is 322 g/mol. The van der Waals surface area contributed by atoms with Gasteiger partial charge in [-0.3, -0.25) is 0 Å². The number of benzene rings is 2. The van der Waals surface area contributed by atoms with Crippen molar-refractivity contribution in [2.45, 2.75) is 46.5 Å². The fourth-order valence-corrected chi connectivity index (χ4v) is 3.91. The Balaban J connectivity index is 1.88. The highest BCUT2D eigenvalue weighted by atomic mass is 15.3. The fourth-order valence-electron chi connectivity index (χ4n) is 3.91. The summed E-state index contributed by atoms with van der Waals surface area (Å²) < 4.78 is 0. The van der Waals surface area contributed by atoms with Crippen molar-refractivity contribution in [3.63, 3.8) is 0 Å². The molecule has 2 aromatic carbocycles. The van der Waals surface area contributed by atoms with Crippen LogP contribution in [0, 0.1) is 0 Å². The SMILES string of the molecule is CCc1ccccc1N(CC)CN(CC)c1cccc2c1CCC2. The van der Waals surface area contributed by atoms with Crippen LogP contribution in [0.2, 0.25) is 0 Å². The number of aryl methyl sites for hydroxylation is 2. The molecule has 2 aromatic rings. The molecule has 0 N–H and O–H groups in total. The summed E-state index contributed by atoms with van der Waals surface area (Å²) >= 11 is 0. The first-order valence-electron chi connectivity index (χ1n) is 9.47. The van der Waals surface area contributed by atoms with Gasteiger partial charge in [-0.05, 0) is 68.4 Å². The summed E-state index contributed by atoms with van der Waals surface area (Å²) in [4.78, 5) is 5.05. The highest BCUT2D eigenvalue weighted by Gasteiger charge is 2.19. The van der Waals surface area contributed by atoms with E-state index < -0.39 is 0 Å². The maximum Gasteiger partial charge on any atom is 0.0902 e. The van der Waals surface area contributed by atoms with E-state index in [1.54, 1.807) is 11.1 Å². The summed E-state index contributed by atoms with van der Waals surface area (Å²) in [5, 5.41) is 0. The molecule has 0 fully saturated rings. The van der Waals surface area contributed by atoms with Crippen molar-refractivity contribution >= 4 is 11.4 Å². The first kappa shape index (κ1) is 16.9. The normalized spacial score (nSPS) is 13.0. The van der Waals surface area contributed by atoms with Crippen molar-refractivity contribution in [3.05, 3.63) is 59.2 Å². The Kier molecular flexibility index (Phi) is 5.44. The number of para-hydroxylation sites is 1. The van der Waals surface area contributed by atoms with E-state index in [4.69, 9.17) is 0 Å². The first-order chi connectivity index (χ1) is 11.8. The molecule has 0 saturated heterocycles. The molecule has 0 heterocycles. The Hall–Kier alpha value is -1.96. The number of hydrogen-bond acceptors (Lipinski definition) is 2. The molecule has 0 spiro atoms. The lowest BCUT2D eigenvalue weighted by Crippen LogP contribution is -2.39. The molecule has 0 atom stereocenters. The number of anilines is 2. The van der Waals surface area contributed by atoms with Gasteiger partial charge in [-0.2, -0.15) is 0 Å². The van der Waals surface area contributed by atoms with Crippen LogP contribution < -0.4 is 9.80 Å². The molecule has 0 saturated carbocycles. The third-order valence-corrected chi connectivity index (χ3v) is 5.28.